The minimum absolute atomic E-state index is 0.0715. The third kappa shape index (κ3) is 2.96. The number of nitrogens with one attached hydrogen (secondary N) is 2. The van der Waals surface area contributed by atoms with E-state index in [1.54, 1.807) is 0 Å². The molecule has 0 radical (unpaired) electrons. The van der Waals surface area contributed by atoms with Crippen molar-refractivity contribution in [2.45, 2.75) is 32.7 Å². The first kappa shape index (κ1) is 14.9. The number of aromatic amines is 1. The maximum atomic E-state index is 12.3. The van der Waals surface area contributed by atoms with Gasteiger partial charge in [0.15, 0.2) is 3.95 Å². The van der Waals surface area contributed by atoms with Gasteiger partial charge in [-0.05, 0) is 25.6 Å². The van der Waals surface area contributed by atoms with Gasteiger partial charge in [-0.3, -0.25) is 19.7 Å². The molecule has 6 nitrogen and oxygen atoms in total. The van der Waals surface area contributed by atoms with Crippen LogP contribution in [0.15, 0.2) is 0 Å². The molecule has 8 heteroatoms. The van der Waals surface area contributed by atoms with E-state index in [-0.39, 0.29) is 18.9 Å². The average Bonchev–Trinajstić information content (AvgIpc) is 2.66. The molecule has 1 fully saturated rings. The van der Waals surface area contributed by atoms with Gasteiger partial charge in [-0.1, -0.05) is 6.92 Å². The number of nitrogens with zero attached hydrogens (tertiary/aromatic N) is 1. The van der Waals surface area contributed by atoms with Gasteiger partial charge in [-0.25, -0.2) is 0 Å². The lowest BCUT2D eigenvalue weighted by Crippen LogP contribution is -2.59. The van der Waals surface area contributed by atoms with E-state index in [0.29, 0.717) is 10.4 Å². The number of carbonyl (C=O) groups is 3. The van der Waals surface area contributed by atoms with Crippen LogP contribution in [0.25, 0.3) is 0 Å². The summed E-state index contributed by atoms with van der Waals surface area (Å²) < 4.78 is 0.616. The van der Waals surface area contributed by atoms with Gasteiger partial charge in [0.1, 0.15) is 12.6 Å². The number of imide groups is 1. The standard InChI is InChI=1S/C12H15N3O3S2/c1-3-7-11(18)14-9(16)5-15(7)10(17)4-8-6(2)13-12(19)20-8/h7H,3-5H2,1-2H3,(H,13,19)(H,14,16,18). The molecule has 0 saturated carbocycles. The first-order valence-corrected chi connectivity index (χ1v) is 7.46. The van der Waals surface area contributed by atoms with Gasteiger partial charge in [0, 0.05) is 10.6 Å². The second-order valence-electron chi connectivity index (χ2n) is 4.60. The summed E-state index contributed by atoms with van der Waals surface area (Å²) >= 11 is 6.38. The number of rotatable bonds is 3. The normalized spacial score (nSPS) is 19.1. The number of thiazole rings is 1. The van der Waals surface area contributed by atoms with Crippen molar-refractivity contribution in [1.29, 1.82) is 0 Å². The van der Waals surface area contributed by atoms with Crippen molar-refractivity contribution in [2.24, 2.45) is 0 Å². The molecule has 3 amide bonds. The Morgan fingerprint density at radius 1 is 1.50 bits per heavy atom. The van der Waals surface area contributed by atoms with Crippen LogP contribution in [0.1, 0.15) is 23.9 Å². The fraction of sp³-hybridized carbons (Fsp3) is 0.500. The van der Waals surface area contributed by atoms with Crippen LogP contribution in [0.5, 0.6) is 0 Å². The SMILES string of the molecule is CCC1C(=O)NC(=O)CN1C(=O)Cc1sc(=S)[nH]c1C. The van der Waals surface area contributed by atoms with E-state index in [2.05, 4.69) is 10.3 Å². The summed E-state index contributed by atoms with van der Waals surface area (Å²) in [5.74, 6) is -1.07. The number of hydrogen-bond donors (Lipinski definition) is 2. The molecular weight excluding hydrogens is 298 g/mol. The Hall–Kier alpha value is -1.54. The van der Waals surface area contributed by atoms with Gasteiger partial charge in [0.25, 0.3) is 0 Å². The van der Waals surface area contributed by atoms with Crippen LogP contribution in [0, 0.1) is 10.9 Å². The largest absolute Gasteiger partial charge is 0.341 e. The molecular formula is C12H15N3O3S2. The fourth-order valence-electron chi connectivity index (χ4n) is 2.18. The van der Waals surface area contributed by atoms with Gasteiger partial charge in [0.05, 0.1) is 6.42 Å². The van der Waals surface area contributed by atoms with Gasteiger partial charge in [-0.2, -0.15) is 0 Å². The second kappa shape index (κ2) is 5.84. The molecule has 1 aliphatic heterocycles. The van der Waals surface area contributed by atoms with Crippen LogP contribution in [0.2, 0.25) is 0 Å². The average molecular weight is 313 g/mol. The highest BCUT2D eigenvalue weighted by Gasteiger charge is 2.35. The summed E-state index contributed by atoms with van der Waals surface area (Å²) in [4.78, 5) is 40.7. The summed E-state index contributed by atoms with van der Waals surface area (Å²) in [5, 5.41) is 2.25. The minimum atomic E-state index is -0.576. The van der Waals surface area contributed by atoms with Crippen molar-refractivity contribution < 1.29 is 14.4 Å². The molecule has 0 spiro atoms. The Bertz CT molecular complexity index is 620. The van der Waals surface area contributed by atoms with Crippen molar-refractivity contribution in [3.05, 3.63) is 14.5 Å². The molecule has 108 valence electrons. The number of piperazine rings is 1. The summed E-state index contributed by atoms with van der Waals surface area (Å²) in [6.07, 6.45) is 0.632. The van der Waals surface area contributed by atoms with E-state index in [1.165, 1.54) is 16.2 Å². The van der Waals surface area contributed by atoms with E-state index < -0.39 is 17.9 Å². The van der Waals surface area contributed by atoms with Gasteiger partial charge >= 0.3 is 0 Å². The summed E-state index contributed by atoms with van der Waals surface area (Å²) in [6.45, 7) is 3.59. The molecule has 0 aliphatic carbocycles. The molecule has 2 heterocycles. The number of aromatic nitrogens is 1. The molecule has 2 N–H and O–H groups in total. The quantitative estimate of drug-likeness (QED) is 0.642. The number of H-pyrrole nitrogens is 1. The van der Waals surface area contributed by atoms with Gasteiger partial charge in [-0.15, -0.1) is 11.3 Å². The van der Waals surface area contributed by atoms with Crippen molar-refractivity contribution in [1.82, 2.24) is 15.2 Å². The molecule has 1 unspecified atom stereocenters. The van der Waals surface area contributed by atoms with E-state index in [9.17, 15) is 14.4 Å². The predicted octanol–water partition coefficient (Wildman–Crippen LogP) is 0.920. The number of hydrogen-bond acceptors (Lipinski definition) is 5. The van der Waals surface area contributed by atoms with Crippen LogP contribution in [0.3, 0.4) is 0 Å². The highest BCUT2D eigenvalue weighted by Crippen LogP contribution is 2.18. The Kier molecular flexibility index (Phi) is 4.34. The maximum Gasteiger partial charge on any atom is 0.249 e. The molecule has 1 aliphatic rings. The molecule has 1 aromatic heterocycles. The molecule has 20 heavy (non-hydrogen) atoms. The zero-order valence-corrected chi connectivity index (χ0v) is 12.8. The summed E-state index contributed by atoms with van der Waals surface area (Å²) in [7, 11) is 0. The van der Waals surface area contributed by atoms with E-state index in [1.807, 2.05) is 13.8 Å². The van der Waals surface area contributed by atoms with Crippen molar-refractivity contribution in [3.63, 3.8) is 0 Å². The lowest BCUT2D eigenvalue weighted by atomic mass is 10.1. The highest BCUT2D eigenvalue weighted by atomic mass is 32.1. The van der Waals surface area contributed by atoms with Gasteiger partial charge < -0.3 is 9.88 Å². The predicted molar refractivity (Wildman–Crippen MR) is 76.9 cm³/mol. The molecule has 2 rings (SSSR count). The smallest absolute Gasteiger partial charge is 0.249 e. The zero-order valence-electron chi connectivity index (χ0n) is 11.2. The van der Waals surface area contributed by atoms with Crippen LogP contribution in [0.4, 0.5) is 0 Å². The molecule has 1 saturated heterocycles. The monoisotopic (exact) mass is 313 g/mol. The van der Waals surface area contributed by atoms with Crippen molar-refractivity contribution >= 4 is 41.3 Å². The summed E-state index contributed by atoms with van der Waals surface area (Å²) in [5.41, 5.74) is 0.856. The number of carbonyl (C=O) groups excluding carboxylic acids is 3. The Morgan fingerprint density at radius 3 is 2.75 bits per heavy atom. The highest BCUT2D eigenvalue weighted by molar-refractivity contribution is 7.73. The van der Waals surface area contributed by atoms with Crippen LogP contribution < -0.4 is 5.32 Å². The third-order valence-electron chi connectivity index (χ3n) is 3.20. The van der Waals surface area contributed by atoms with Gasteiger partial charge in [0.2, 0.25) is 17.7 Å². The number of aryl methyl sites for hydroxylation is 1. The molecule has 1 aromatic rings. The van der Waals surface area contributed by atoms with E-state index >= 15 is 0 Å². The first-order chi connectivity index (χ1) is 9.42. The molecule has 0 aromatic carbocycles. The van der Waals surface area contributed by atoms with Crippen molar-refractivity contribution in [3.8, 4) is 0 Å². The Morgan fingerprint density at radius 2 is 2.20 bits per heavy atom. The summed E-state index contributed by atoms with van der Waals surface area (Å²) in [6, 6.07) is -0.576. The molecule has 0 bridgehead atoms. The van der Waals surface area contributed by atoms with E-state index in [0.717, 1.165) is 10.6 Å². The maximum absolute atomic E-state index is 12.3. The van der Waals surface area contributed by atoms with Crippen molar-refractivity contribution in [2.75, 3.05) is 6.54 Å². The second-order valence-corrected chi connectivity index (χ2v) is 6.37. The third-order valence-corrected chi connectivity index (χ3v) is 4.53. The number of amides is 3. The first-order valence-electron chi connectivity index (χ1n) is 6.24. The van der Waals surface area contributed by atoms with Crippen LogP contribution in [-0.2, 0) is 20.8 Å². The topological polar surface area (TPSA) is 82.3 Å². The Balaban J connectivity index is 2.18. The molecule has 1 atom stereocenters. The zero-order chi connectivity index (χ0) is 14.9. The van der Waals surface area contributed by atoms with Crippen LogP contribution in [-0.4, -0.2) is 40.2 Å². The Labute approximate surface area is 125 Å². The lowest BCUT2D eigenvalue weighted by molar-refractivity contribution is -0.149. The lowest BCUT2D eigenvalue weighted by Gasteiger charge is -2.33. The fourth-order valence-corrected chi connectivity index (χ4v) is 3.46. The minimum Gasteiger partial charge on any atom is -0.341 e. The van der Waals surface area contributed by atoms with Crippen LogP contribution >= 0.6 is 23.6 Å². The van der Waals surface area contributed by atoms with E-state index in [4.69, 9.17) is 12.2 Å².